The number of carbonyl (C=O) groups is 2. The van der Waals surface area contributed by atoms with Gasteiger partial charge in [-0.2, -0.15) is 0 Å². The van der Waals surface area contributed by atoms with Crippen LogP contribution in [-0.4, -0.2) is 23.8 Å². The summed E-state index contributed by atoms with van der Waals surface area (Å²) in [6.07, 6.45) is 0.166. The van der Waals surface area contributed by atoms with Crippen LogP contribution in [0.25, 0.3) is 0 Å². The molecule has 0 spiro atoms. The van der Waals surface area contributed by atoms with Gasteiger partial charge in [0.1, 0.15) is 5.75 Å². The zero-order chi connectivity index (χ0) is 22.0. The minimum atomic E-state index is -0.378. The second-order valence-corrected chi connectivity index (χ2v) is 7.95. The lowest BCUT2D eigenvalue weighted by atomic mass is 10.0. The SMILES string of the molecule is COc1ccc([C@H](CC(=O)Nc2ccc(C)cc2C)N2Cc3ccccc3C2=O)cc1. The standard InChI is InChI=1S/C26H26N2O3/c1-17-8-13-23(18(2)14-17)27-25(29)15-24(19-9-11-21(31-3)12-10-19)28-16-20-6-4-5-7-22(20)26(28)30/h4-14,24H,15-16H2,1-3H3,(H,27,29)/t24-/m0/s1. The van der Waals surface area contributed by atoms with E-state index < -0.39 is 0 Å². The molecule has 1 atom stereocenters. The van der Waals surface area contributed by atoms with Gasteiger partial charge in [-0.05, 0) is 54.8 Å². The number of aryl methyl sites for hydroxylation is 2. The Morgan fingerprint density at radius 1 is 1.06 bits per heavy atom. The third kappa shape index (κ3) is 4.31. The van der Waals surface area contributed by atoms with E-state index in [1.54, 1.807) is 12.0 Å². The molecule has 0 saturated carbocycles. The Morgan fingerprint density at radius 2 is 1.81 bits per heavy atom. The lowest BCUT2D eigenvalue weighted by molar-refractivity contribution is -0.117. The molecule has 1 aliphatic rings. The van der Waals surface area contributed by atoms with Crippen molar-refractivity contribution in [1.29, 1.82) is 0 Å². The van der Waals surface area contributed by atoms with Crippen LogP contribution in [0.5, 0.6) is 5.75 Å². The van der Waals surface area contributed by atoms with E-state index in [-0.39, 0.29) is 24.3 Å². The van der Waals surface area contributed by atoms with Crippen LogP contribution in [0.1, 0.15) is 45.1 Å². The van der Waals surface area contributed by atoms with E-state index in [1.807, 2.05) is 80.6 Å². The number of anilines is 1. The number of nitrogens with zero attached hydrogens (tertiary/aromatic N) is 1. The van der Waals surface area contributed by atoms with Crippen molar-refractivity contribution >= 4 is 17.5 Å². The lowest BCUT2D eigenvalue weighted by Crippen LogP contribution is -2.32. The maximum Gasteiger partial charge on any atom is 0.255 e. The van der Waals surface area contributed by atoms with Gasteiger partial charge in [0, 0.05) is 17.8 Å². The summed E-state index contributed by atoms with van der Waals surface area (Å²) in [6.45, 7) is 4.49. The first kappa shape index (κ1) is 20.7. The van der Waals surface area contributed by atoms with Crippen LogP contribution >= 0.6 is 0 Å². The Bertz CT molecular complexity index is 1120. The molecule has 158 valence electrons. The van der Waals surface area contributed by atoms with Crippen molar-refractivity contribution in [2.75, 3.05) is 12.4 Å². The summed E-state index contributed by atoms with van der Waals surface area (Å²) in [4.78, 5) is 27.9. The summed E-state index contributed by atoms with van der Waals surface area (Å²) in [5, 5.41) is 3.02. The lowest BCUT2D eigenvalue weighted by Gasteiger charge is -2.28. The molecule has 0 radical (unpaired) electrons. The van der Waals surface area contributed by atoms with Crippen molar-refractivity contribution in [3.05, 3.63) is 94.5 Å². The van der Waals surface area contributed by atoms with Crippen molar-refractivity contribution in [1.82, 2.24) is 4.90 Å². The van der Waals surface area contributed by atoms with E-state index in [1.165, 1.54) is 0 Å². The molecule has 0 aliphatic carbocycles. The molecule has 0 fully saturated rings. The van der Waals surface area contributed by atoms with Crippen molar-refractivity contribution in [2.45, 2.75) is 32.9 Å². The van der Waals surface area contributed by atoms with Crippen molar-refractivity contribution in [2.24, 2.45) is 0 Å². The Kier molecular flexibility index (Phi) is 5.76. The van der Waals surface area contributed by atoms with Gasteiger partial charge in [-0.1, -0.05) is 48.0 Å². The Balaban J connectivity index is 1.61. The van der Waals surface area contributed by atoms with Crippen molar-refractivity contribution < 1.29 is 14.3 Å². The number of carbonyl (C=O) groups excluding carboxylic acids is 2. The minimum absolute atomic E-state index is 0.0456. The molecular formula is C26H26N2O3. The molecule has 1 N–H and O–H groups in total. The topological polar surface area (TPSA) is 58.6 Å². The minimum Gasteiger partial charge on any atom is -0.497 e. The van der Waals surface area contributed by atoms with Gasteiger partial charge in [0.25, 0.3) is 5.91 Å². The molecule has 3 aromatic carbocycles. The third-order valence-corrected chi connectivity index (χ3v) is 5.76. The monoisotopic (exact) mass is 414 g/mol. The largest absolute Gasteiger partial charge is 0.497 e. The summed E-state index contributed by atoms with van der Waals surface area (Å²) < 4.78 is 5.27. The smallest absolute Gasteiger partial charge is 0.255 e. The van der Waals surface area contributed by atoms with Gasteiger partial charge in [0.2, 0.25) is 5.91 Å². The molecule has 1 heterocycles. The summed E-state index contributed by atoms with van der Waals surface area (Å²) in [7, 11) is 1.62. The van der Waals surface area contributed by atoms with Gasteiger partial charge in [0.15, 0.2) is 0 Å². The maximum absolute atomic E-state index is 13.1. The highest BCUT2D eigenvalue weighted by Crippen LogP contribution is 2.34. The molecule has 1 aliphatic heterocycles. The van der Waals surface area contributed by atoms with Crippen molar-refractivity contribution in [3.8, 4) is 5.75 Å². The number of hydrogen-bond acceptors (Lipinski definition) is 3. The van der Waals surface area contributed by atoms with Crippen LogP contribution in [0.15, 0.2) is 66.7 Å². The number of amides is 2. The van der Waals surface area contributed by atoms with Crippen molar-refractivity contribution in [3.63, 3.8) is 0 Å². The highest BCUT2D eigenvalue weighted by Gasteiger charge is 2.34. The third-order valence-electron chi connectivity index (χ3n) is 5.76. The molecule has 0 unspecified atom stereocenters. The van der Waals surface area contributed by atoms with E-state index >= 15 is 0 Å². The predicted octanol–water partition coefficient (Wildman–Crippen LogP) is 5.04. The van der Waals surface area contributed by atoms with Crippen LogP contribution in [0.3, 0.4) is 0 Å². The van der Waals surface area contributed by atoms with Crippen LogP contribution in [0.4, 0.5) is 5.69 Å². The fraction of sp³-hybridized carbons (Fsp3) is 0.231. The number of fused-ring (bicyclic) bond motifs is 1. The van der Waals surface area contributed by atoms with Crippen LogP contribution in [0, 0.1) is 13.8 Å². The quantitative estimate of drug-likeness (QED) is 0.615. The van der Waals surface area contributed by atoms with E-state index in [2.05, 4.69) is 5.32 Å². The average Bonchev–Trinajstić information content (AvgIpc) is 3.11. The van der Waals surface area contributed by atoms with Gasteiger partial charge < -0.3 is 15.0 Å². The van der Waals surface area contributed by atoms with Crippen LogP contribution < -0.4 is 10.1 Å². The first-order valence-corrected chi connectivity index (χ1v) is 10.4. The molecule has 5 nitrogen and oxygen atoms in total. The number of methoxy groups -OCH3 is 1. The molecule has 0 bridgehead atoms. The highest BCUT2D eigenvalue weighted by molar-refractivity contribution is 5.99. The number of nitrogens with one attached hydrogen (secondary N) is 1. The molecule has 4 rings (SSSR count). The first-order chi connectivity index (χ1) is 15.0. The molecule has 0 saturated heterocycles. The van der Waals surface area contributed by atoms with Gasteiger partial charge in [-0.3, -0.25) is 9.59 Å². The van der Waals surface area contributed by atoms with E-state index in [0.717, 1.165) is 33.7 Å². The molecule has 31 heavy (non-hydrogen) atoms. The number of ether oxygens (including phenoxy) is 1. The summed E-state index contributed by atoms with van der Waals surface area (Å²) >= 11 is 0. The summed E-state index contributed by atoms with van der Waals surface area (Å²) in [5.41, 5.74) is 5.54. The molecule has 2 amide bonds. The average molecular weight is 415 g/mol. The van der Waals surface area contributed by atoms with Gasteiger partial charge in [-0.15, -0.1) is 0 Å². The number of benzene rings is 3. The van der Waals surface area contributed by atoms with Crippen LogP contribution in [0.2, 0.25) is 0 Å². The Labute approximate surface area is 182 Å². The van der Waals surface area contributed by atoms with Gasteiger partial charge in [0.05, 0.1) is 19.6 Å². The fourth-order valence-electron chi connectivity index (χ4n) is 4.09. The number of hydrogen-bond donors (Lipinski definition) is 1. The predicted molar refractivity (Wildman–Crippen MR) is 121 cm³/mol. The highest BCUT2D eigenvalue weighted by atomic mass is 16.5. The van der Waals surface area contributed by atoms with Crippen LogP contribution in [-0.2, 0) is 11.3 Å². The Hall–Kier alpha value is -3.60. The van der Waals surface area contributed by atoms with Gasteiger partial charge in [-0.25, -0.2) is 0 Å². The van der Waals surface area contributed by atoms with E-state index in [0.29, 0.717) is 12.1 Å². The molecular weight excluding hydrogens is 388 g/mol. The molecule has 5 heteroatoms. The number of rotatable bonds is 6. The Morgan fingerprint density at radius 3 is 2.48 bits per heavy atom. The maximum atomic E-state index is 13.1. The summed E-state index contributed by atoms with van der Waals surface area (Å²) in [5.74, 6) is 0.561. The second-order valence-electron chi connectivity index (χ2n) is 7.95. The van der Waals surface area contributed by atoms with Gasteiger partial charge >= 0.3 is 0 Å². The molecule has 3 aromatic rings. The summed E-state index contributed by atoms with van der Waals surface area (Å²) in [6, 6.07) is 20.7. The zero-order valence-corrected chi connectivity index (χ0v) is 18.0. The second kappa shape index (κ2) is 8.64. The van der Waals surface area contributed by atoms with E-state index in [9.17, 15) is 9.59 Å². The normalized spacial score (nSPS) is 13.6. The fourth-order valence-corrected chi connectivity index (χ4v) is 4.09. The zero-order valence-electron chi connectivity index (χ0n) is 18.0. The van der Waals surface area contributed by atoms with E-state index in [4.69, 9.17) is 4.74 Å². The molecule has 0 aromatic heterocycles. The first-order valence-electron chi connectivity index (χ1n) is 10.4.